The van der Waals surface area contributed by atoms with E-state index in [1.54, 1.807) is 11.8 Å². The average molecular weight is 253 g/mol. The quantitative estimate of drug-likeness (QED) is 0.804. The van der Waals surface area contributed by atoms with Gasteiger partial charge in [-0.1, -0.05) is 16.9 Å². The summed E-state index contributed by atoms with van der Waals surface area (Å²) in [5.41, 5.74) is 6.46. The van der Waals surface area contributed by atoms with E-state index in [9.17, 15) is 0 Å². The standard InChI is InChI=1S/C10H15N5OS/c1-7-5-9(14-16-7)6-17-10-13-12-8(2)15(10)4-3-11/h5H,3-4,6,11H2,1-2H3. The van der Waals surface area contributed by atoms with E-state index in [-0.39, 0.29) is 0 Å². The van der Waals surface area contributed by atoms with Crippen LogP contribution in [-0.2, 0) is 12.3 Å². The summed E-state index contributed by atoms with van der Waals surface area (Å²) in [5, 5.41) is 13.0. The second kappa shape index (κ2) is 5.33. The zero-order chi connectivity index (χ0) is 12.3. The predicted molar refractivity (Wildman–Crippen MR) is 64.6 cm³/mol. The Morgan fingerprint density at radius 1 is 1.41 bits per heavy atom. The molecule has 0 fully saturated rings. The first-order chi connectivity index (χ1) is 8.20. The van der Waals surface area contributed by atoms with Gasteiger partial charge in [0.1, 0.15) is 11.6 Å². The summed E-state index contributed by atoms with van der Waals surface area (Å²) < 4.78 is 7.02. The Bertz CT molecular complexity index is 493. The van der Waals surface area contributed by atoms with E-state index in [4.69, 9.17) is 10.3 Å². The zero-order valence-corrected chi connectivity index (χ0v) is 10.7. The van der Waals surface area contributed by atoms with Crippen molar-refractivity contribution < 1.29 is 4.52 Å². The summed E-state index contributed by atoms with van der Waals surface area (Å²) in [4.78, 5) is 0. The highest BCUT2D eigenvalue weighted by Crippen LogP contribution is 2.21. The minimum atomic E-state index is 0.579. The van der Waals surface area contributed by atoms with Crippen molar-refractivity contribution in [3.05, 3.63) is 23.3 Å². The van der Waals surface area contributed by atoms with E-state index in [0.29, 0.717) is 6.54 Å². The molecule has 0 saturated carbocycles. The minimum Gasteiger partial charge on any atom is -0.361 e. The summed E-state index contributed by atoms with van der Waals surface area (Å²) in [6, 6.07) is 1.92. The molecule has 17 heavy (non-hydrogen) atoms. The van der Waals surface area contributed by atoms with Crippen molar-refractivity contribution in [2.75, 3.05) is 6.54 Å². The van der Waals surface area contributed by atoms with Crippen molar-refractivity contribution in [1.29, 1.82) is 0 Å². The van der Waals surface area contributed by atoms with Crippen LogP contribution < -0.4 is 5.73 Å². The Balaban J connectivity index is 2.03. The first-order valence-electron chi connectivity index (χ1n) is 5.35. The third-order valence-corrected chi connectivity index (χ3v) is 3.28. The summed E-state index contributed by atoms with van der Waals surface area (Å²) in [6.45, 7) is 5.11. The minimum absolute atomic E-state index is 0.579. The van der Waals surface area contributed by atoms with Crippen LogP contribution in [0, 0.1) is 13.8 Å². The normalized spacial score (nSPS) is 11.0. The SMILES string of the molecule is Cc1cc(CSc2nnc(C)n2CCN)no1. The van der Waals surface area contributed by atoms with E-state index >= 15 is 0 Å². The van der Waals surface area contributed by atoms with Gasteiger partial charge in [0, 0.05) is 24.9 Å². The third-order valence-electron chi connectivity index (χ3n) is 2.28. The lowest BCUT2D eigenvalue weighted by atomic mass is 10.4. The maximum absolute atomic E-state index is 5.56. The molecule has 0 radical (unpaired) electrons. The molecule has 2 aromatic heterocycles. The molecule has 0 aliphatic heterocycles. The maximum Gasteiger partial charge on any atom is 0.191 e. The maximum atomic E-state index is 5.56. The van der Waals surface area contributed by atoms with Gasteiger partial charge in [0.2, 0.25) is 0 Å². The summed E-state index contributed by atoms with van der Waals surface area (Å²) in [6.07, 6.45) is 0. The molecule has 0 spiro atoms. The number of aryl methyl sites for hydroxylation is 2. The monoisotopic (exact) mass is 253 g/mol. The highest BCUT2D eigenvalue weighted by Gasteiger charge is 2.10. The first kappa shape index (κ1) is 12.1. The van der Waals surface area contributed by atoms with Gasteiger partial charge >= 0.3 is 0 Å². The van der Waals surface area contributed by atoms with Gasteiger partial charge in [0.15, 0.2) is 5.16 Å². The number of hydrogen-bond acceptors (Lipinski definition) is 6. The number of nitrogens with zero attached hydrogens (tertiary/aromatic N) is 4. The lowest BCUT2D eigenvalue weighted by Crippen LogP contribution is -2.12. The Morgan fingerprint density at radius 3 is 2.88 bits per heavy atom. The average Bonchev–Trinajstić information content (AvgIpc) is 2.86. The van der Waals surface area contributed by atoms with Gasteiger partial charge in [0.05, 0.1) is 5.69 Å². The Kier molecular flexibility index (Phi) is 3.80. The molecule has 0 saturated heterocycles. The molecule has 6 nitrogen and oxygen atoms in total. The molecule has 0 unspecified atom stereocenters. The Hall–Kier alpha value is -1.34. The number of aromatic nitrogens is 4. The van der Waals surface area contributed by atoms with Gasteiger partial charge in [0.25, 0.3) is 0 Å². The first-order valence-corrected chi connectivity index (χ1v) is 6.34. The van der Waals surface area contributed by atoms with Crippen molar-refractivity contribution in [2.45, 2.75) is 31.3 Å². The summed E-state index contributed by atoms with van der Waals surface area (Å²) >= 11 is 1.59. The Morgan fingerprint density at radius 2 is 2.24 bits per heavy atom. The van der Waals surface area contributed by atoms with E-state index in [1.807, 2.05) is 24.5 Å². The second-order valence-corrected chi connectivity index (χ2v) is 4.63. The summed E-state index contributed by atoms with van der Waals surface area (Å²) in [7, 11) is 0. The fourth-order valence-corrected chi connectivity index (χ4v) is 2.37. The molecule has 2 aromatic rings. The van der Waals surface area contributed by atoms with Gasteiger partial charge < -0.3 is 14.8 Å². The third kappa shape index (κ3) is 2.86. The fraction of sp³-hybridized carbons (Fsp3) is 0.500. The molecule has 7 heteroatoms. The highest BCUT2D eigenvalue weighted by molar-refractivity contribution is 7.98. The van der Waals surface area contributed by atoms with Gasteiger partial charge in [-0.25, -0.2) is 0 Å². The van der Waals surface area contributed by atoms with Crippen LogP contribution in [0.15, 0.2) is 15.7 Å². The van der Waals surface area contributed by atoms with Gasteiger partial charge in [-0.15, -0.1) is 10.2 Å². The number of rotatable bonds is 5. The fourth-order valence-electron chi connectivity index (χ4n) is 1.48. The molecule has 0 aliphatic rings. The molecular weight excluding hydrogens is 238 g/mol. The molecule has 2 heterocycles. The smallest absolute Gasteiger partial charge is 0.191 e. The van der Waals surface area contributed by atoms with Gasteiger partial charge in [-0.3, -0.25) is 0 Å². The van der Waals surface area contributed by atoms with Gasteiger partial charge in [-0.2, -0.15) is 0 Å². The second-order valence-electron chi connectivity index (χ2n) is 3.69. The van der Waals surface area contributed by atoms with E-state index < -0.39 is 0 Å². The van der Waals surface area contributed by atoms with Gasteiger partial charge in [-0.05, 0) is 13.8 Å². The van der Waals surface area contributed by atoms with E-state index in [0.717, 1.165) is 34.7 Å². The van der Waals surface area contributed by atoms with Crippen molar-refractivity contribution in [2.24, 2.45) is 5.73 Å². The molecule has 2 rings (SSSR count). The van der Waals surface area contributed by atoms with Crippen molar-refractivity contribution in [3.63, 3.8) is 0 Å². The number of hydrogen-bond donors (Lipinski definition) is 1. The van der Waals surface area contributed by atoms with Crippen LogP contribution >= 0.6 is 11.8 Å². The van der Waals surface area contributed by atoms with Crippen LogP contribution in [0.2, 0.25) is 0 Å². The number of nitrogens with two attached hydrogens (primary N) is 1. The number of thioether (sulfide) groups is 1. The predicted octanol–water partition coefficient (Wildman–Crippen LogP) is 1.13. The van der Waals surface area contributed by atoms with E-state index in [1.165, 1.54) is 0 Å². The molecule has 0 aliphatic carbocycles. The van der Waals surface area contributed by atoms with Crippen LogP contribution in [-0.4, -0.2) is 26.5 Å². The highest BCUT2D eigenvalue weighted by atomic mass is 32.2. The van der Waals surface area contributed by atoms with Crippen LogP contribution in [0.5, 0.6) is 0 Å². The van der Waals surface area contributed by atoms with Crippen molar-refractivity contribution in [3.8, 4) is 0 Å². The molecule has 92 valence electrons. The Labute approximate surface area is 104 Å². The molecular formula is C10H15N5OS. The zero-order valence-electron chi connectivity index (χ0n) is 9.88. The molecule has 0 bridgehead atoms. The van der Waals surface area contributed by atoms with Crippen LogP contribution in [0.1, 0.15) is 17.3 Å². The summed E-state index contributed by atoms with van der Waals surface area (Å²) in [5.74, 6) is 2.43. The molecule has 2 N–H and O–H groups in total. The molecule has 0 aromatic carbocycles. The largest absolute Gasteiger partial charge is 0.361 e. The van der Waals surface area contributed by atoms with Crippen LogP contribution in [0.3, 0.4) is 0 Å². The van der Waals surface area contributed by atoms with Crippen molar-refractivity contribution >= 4 is 11.8 Å². The van der Waals surface area contributed by atoms with E-state index in [2.05, 4.69) is 15.4 Å². The van der Waals surface area contributed by atoms with Crippen molar-refractivity contribution in [1.82, 2.24) is 19.9 Å². The molecule has 0 atom stereocenters. The topological polar surface area (TPSA) is 82.8 Å². The lowest BCUT2D eigenvalue weighted by Gasteiger charge is -2.04. The lowest BCUT2D eigenvalue weighted by molar-refractivity contribution is 0.393. The van der Waals surface area contributed by atoms with Crippen LogP contribution in [0.25, 0.3) is 0 Å². The molecule has 0 amide bonds. The van der Waals surface area contributed by atoms with Crippen LogP contribution in [0.4, 0.5) is 0 Å².